The van der Waals surface area contributed by atoms with Crippen LogP contribution >= 0.6 is 0 Å². The van der Waals surface area contributed by atoms with E-state index in [1.807, 2.05) is 18.2 Å². The number of hydrogen-bond acceptors (Lipinski definition) is 4. The summed E-state index contributed by atoms with van der Waals surface area (Å²) in [5.41, 5.74) is 4.06. The van der Waals surface area contributed by atoms with Crippen molar-refractivity contribution in [3.63, 3.8) is 0 Å². The molecule has 0 radical (unpaired) electrons. The molecule has 0 unspecified atom stereocenters. The summed E-state index contributed by atoms with van der Waals surface area (Å²) in [7, 11) is 0. The molecule has 0 saturated carbocycles. The van der Waals surface area contributed by atoms with Gasteiger partial charge in [0.1, 0.15) is 0 Å². The summed E-state index contributed by atoms with van der Waals surface area (Å²) < 4.78 is 0. The first kappa shape index (κ1) is 20.5. The van der Waals surface area contributed by atoms with Crippen LogP contribution in [0.15, 0.2) is 54.6 Å². The summed E-state index contributed by atoms with van der Waals surface area (Å²) >= 11 is 0. The molecule has 4 heteroatoms. The zero-order chi connectivity index (χ0) is 16.5. The third-order valence-corrected chi connectivity index (χ3v) is 2.37. The largest absolute Gasteiger partial charge is 0.231 e. The van der Waals surface area contributed by atoms with Crippen LogP contribution in [0.25, 0.3) is 0 Å². The van der Waals surface area contributed by atoms with Crippen LogP contribution in [-0.4, -0.2) is 12.2 Å². The van der Waals surface area contributed by atoms with Gasteiger partial charge in [-0.25, -0.2) is 20.4 Å². The van der Waals surface area contributed by atoms with Crippen molar-refractivity contribution in [3.8, 4) is 0 Å². The molecule has 2 N–H and O–H groups in total. The van der Waals surface area contributed by atoms with E-state index in [0.717, 1.165) is 12.2 Å². The predicted molar refractivity (Wildman–Crippen MR) is 83.9 cm³/mol. The van der Waals surface area contributed by atoms with Crippen molar-refractivity contribution in [2.24, 2.45) is 0 Å². The molecule has 2 rings (SSSR count). The van der Waals surface area contributed by atoms with E-state index in [1.165, 1.54) is 16.7 Å². The van der Waals surface area contributed by atoms with E-state index in [1.54, 1.807) is 0 Å². The highest BCUT2D eigenvalue weighted by atomic mass is 16.1. The number of isocyanates is 2. The average Bonchev–Trinajstić information content (AvgIpc) is 2.45. The molecule has 110 valence electrons. The van der Waals surface area contributed by atoms with Crippen LogP contribution in [0.1, 0.15) is 16.7 Å². The molecule has 0 saturated heterocycles. The fourth-order valence-electron chi connectivity index (χ4n) is 1.20. The number of hydrogen-bond donors (Lipinski definition) is 2. The van der Waals surface area contributed by atoms with Crippen LogP contribution in [0, 0.1) is 31.6 Å². The lowest BCUT2D eigenvalue weighted by atomic mass is 10.1. The highest BCUT2D eigenvalue weighted by molar-refractivity contribution is 5.26. The second kappa shape index (κ2) is 15.3. The van der Waals surface area contributed by atoms with Gasteiger partial charge in [-0.1, -0.05) is 60.2 Å². The van der Waals surface area contributed by atoms with E-state index in [2.05, 4.69) is 57.2 Å². The van der Waals surface area contributed by atoms with E-state index in [9.17, 15) is 0 Å². The van der Waals surface area contributed by atoms with Crippen molar-refractivity contribution in [1.82, 2.24) is 0 Å². The summed E-state index contributed by atoms with van der Waals surface area (Å²) in [5.74, 6) is 0. The third kappa shape index (κ3) is 15.1. The Morgan fingerprint density at radius 2 is 0.952 bits per heavy atom. The van der Waals surface area contributed by atoms with Crippen molar-refractivity contribution >= 4 is 12.2 Å². The zero-order valence-corrected chi connectivity index (χ0v) is 12.5. The molecule has 0 amide bonds. The molecular formula is C17H20N2O2. The highest BCUT2D eigenvalue weighted by Gasteiger charge is 1.83. The number of aryl methyl sites for hydroxylation is 3. The summed E-state index contributed by atoms with van der Waals surface area (Å²) in [4.78, 5) is 16.7. The normalized spacial score (nSPS) is 7.19. The maximum atomic E-state index is 8.35. The van der Waals surface area contributed by atoms with Crippen LogP contribution < -0.4 is 0 Å². The Morgan fingerprint density at radius 3 is 1.14 bits per heavy atom. The number of carbonyl (C=O) groups excluding carboxylic acids is 2. The molecule has 0 bridgehead atoms. The molecular weight excluding hydrogens is 264 g/mol. The Morgan fingerprint density at radius 1 is 0.667 bits per heavy atom. The topological polar surface area (TPSA) is 81.8 Å². The second-order valence-electron chi connectivity index (χ2n) is 3.94. The Bertz CT molecular complexity index is 521. The molecule has 0 aromatic heterocycles. The Balaban J connectivity index is 0. The highest BCUT2D eigenvalue weighted by Crippen LogP contribution is 2.02. The van der Waals surface area contributed by atoms with Gasteiger partial charge in [0.15, 0.2) is 0 Å². The lowest BCUT2D eigenvalue weighted by Crippen LogP contribution is -1.74. The minimum Gasteiger partial charge on any atom is -0.222 e. The Hall–Kier alpha value is -2.80. The Kier molecular flexibility index (Phi) is 14.9. The van der Waals surface area contributed by atoms with Crippen molar-refractivity contribution in [1.29, 1.82) is 10.8 Å². The fraction of sp³-hybridized carbons (Fsp3) is 0.176. The van der Waals surface area contributed by atoms with E-state index < -0.39 is 0 Å². The lowest BCUT2D eigenvalue weighted by molar-refractivity contribution is 0.562. The van der Waals surface area contributed by atoms with E-state index >= 15 is 0 Å². The van der Waals surface area contributed by atoms with Gasteiger partial charge in [0.2, 0.25) is 12.2 Å². The van der Waals surface area contributed by atoms with E-state index in [-0.39, 0.29) is 0 Å². The van der Waals surface area contributed by atoms with Gasteiger partial charge >= 0.3 is 0 Å². The summed E-state index contributed by atoms with van der Waals surface area (Å²) in [6, 6.07) is 18.6. The van der Waals surface area contributed by atoms with E-state index in [0.29, 0.717) is 0 Å². The maximum Gasteiger partial charge on any atom is 0.231 e. The van der Waals surface area contributed by atoms with Crippen LogP contribution in [-0.2, 0) is 9.59 Å². The van der Waals surface area contributed by atoms with Gasteiger partial charge in [-0.15, -0.1) is 0 Å². The van der Waals surface area contributed by atoms with Crippen LogP contribution in [0.4, 0.5) is 0 Å². The SMILES string of the molecule is Cc1ccccc1.Cc1ccccc1C.N=C=O.N=C=O. The Labute approximate surface area is 125 Å². The summed E-state index contributed by atoms with van der Waals surface area (Å²) in [5, 5.41) is 10.8. The number of rotatable bonds is 0. The number of nitrogens with one attached hydrogen (secondary N) is 2. The van der Waals surface area contributed by atoms with Gasteiger partial charge < -0.3 is 0 Å². The van der Waals surface area contributed by atoms with Gasteiger partial charge in [-0.05, 0) is 31.9 Å². The first-order valence-electron chi connectivity index (χ1n) is 6.15. The minimum absolute atomic E-state index is 0.750. The smallest absolute Gasteiger partial charge is 0.222 e. The molecule has 0 spiro atoms. The molecule has 0 atom stereocenters. The molecule has 4 nitrogen and oxygen atoms in total. The van der Waals surface area contributed by atoms with Gasteiger partial charge in [0.25, 0.3) is 0 Å². The van der Waals surface area contributed by atoms with E-state index in [4.69, 9.17) is 20.4 Å². The first-order chi connectivity index (χ1) is 10.0. The predicted octanol–water partition coefficient (Wildman–Crippen LogP) is 4.10. The van der Waals surface area contributed by atoms with Gasteiger partial charge in [-0.2, -0.15) is 0 Å². The average molecular weight is 284 g/mol. The summed E-state index contributed by atoms with van der Waals surface area (Å²) in [6.07, 6.45) is 1.50. The van der Waals surface area contributed by atoms with Crippen LogP contribution in [0.5, 0.6) is 0 Å². The summed E-state index contributed by atoms with van der Waals surface area (Å²) in [6.45, 7) is 6.32. The molecule has 0 heterocycles. The first-order valence-corrected chi connectivity index (χ1v) is 6.15. The van der Waals surface area contributed by atoms with Gasteiger partial charge in [0, 0.05) is 0 Å². The monoisotopic (exact) mass is 284 g/mol. The molecule has 0 fully saturated rings. The molecule has 21 heavy (non-hydrogen) atoms. The molecule has 0 aliphatic rings. The third-order valence-electron chi connectivity index (χ3n) is 2.37. The maximum absolute atomic E-state index is 8.35. The molecule has 0 aliphatic heterocycles. The van der Waals surface area contributed by atoms with Gasteiger partial charge in [0.05, 0.1) is 0 Å². The van der Waals surface area contributed by atoms with Crippen LogP contribution in [0.3, 0.4) is 0 Å². The molecule has 2 aromatic carbocycles. The van der Waals surface area contributed by atoms with Crippen molar-refractivity contribution in [2.75, 3.05) is 0 Å². The molecule has 2 aromatic rings. The minimum atomic E-state index is 0.750. The molecule has 0 aliphatic carbocycles. The van der Waals surface area contributed by atoms with Crippen LogP contribution in [0.2, 0.25) is 0 Å². The second-order valence-corrected chi connectivity index (χ2v) is 3.94. The van der Waals surface area contributed by atoms with Crippen molar-refractivity contribution in [2.45, 2.75) is 20.8 Å². The van der Waals surface area contributed by atoms with Crippen molar-refractivity contribution in [3.05, 3.63) is 71.3 Å². The van der Waals surface area contributed by atoms with Crippen molar-refractivity contribution < 1.29 is 9.59 Å². The number of benzene rings is 2. The quantitative estimate of drug-likeness (QED) is 0.564. The van der Waals surface area contributed by atoms with Gasteiger partial charge in [-0.3, -0.25) is 0 Å². The zero-order valence-electron chi connectivity index (χ0n) is 12.5. The standard InChI is InChI=1S/C8H10.C7H8.2CHNO/c1-7-5-3-4-6-8(7)2;1-7-5-3-2-4-6-7;2*2-1-3/h3-6H,1-2H3;2-6H,1H3;2*2H. The fourth-order valence-corrected chi connectivity index (χ4v) is 1.20. The lowest BCUT2D eigenvalue weighted by Gasteiger charge is -1.93.